The summed E-state index contributed by atoms with van der Waals surface area (Å²) in [6.45, 7) is 5.08. The summed E-state index contributed by atoms with van der Waals surface area (Å²) in [6.07, 6.45) is 1.04. The van der Waals surface area contributed by atoms with Crippen LogP contribution in [0.5, 0.6) is 0 Å². The number of hydrogen-bond donors (Lipinski definition) is 1. The maximum absolute atomic E-state index is 13.4. The molecule has 2 aromatic rings. The number of carbonyl (C=O) groups is 2. The molecule has 2 aromatic carbocycles. The highest BCUT2D eigenvalue weighted by atomic mass is 35.5. The summed E-state index contributed by atoms with van der Waals surface area (Å²) < 4.78 is 26.2. The van der Waals surface area contributed by atoms with Crippen molar-refractivity contribution in [3.63, 3.8) is 0 Å². The van der Waals surface area contributed by atoms with Crippen LogP contribution >= 0.6 is 23.2 Å². The first-order valence-electron chi connectivity index (χ1n) is 10.4. The Balaban J connectivity index is 2.43. The molecule has 1 atom stereocenters. The second-order valence-electron chi connectivity index (χ2n) is 8.03. The molecule has 0 aliphatic rings. The third-order valence-electron chi connectivity index (χ3n) is 5.33. The van der Waals surface area contributed by atoms with Crippen molar-refractivity contribution in [2.24, 2.45) is 0 Å². The summed E-state index contributed by atoms with van der Waals surface area (Å²) in [6, 6.07) is 11.1. The van der Waals surface area contributed by atoms with Gasteiger partial charge in [-0.2, -0.15) is 0 Å². The predicted octanol–water partition coefficient (Wildman–Crippen LogP) is 4.05. The summed E-state index contributed by atoms with van der Waals surface area (Å²) in [7, 11) is -2.33. The highest BCUT2D eigenvalue weighted by Crippen LogP contribution is 2.27. The lowest BCUT2D eigenvalue weighted by Crippen LogP contribution is -2.50. The molecule has 7 nitrogen and oxygen atoms in total. The van der Waals surface area contributed by atoms with Gasteiger partial charge in [-0.25, -0.2) is 8.42 Å². The molecule has 0 bridgehead atoms. The van der Waals surface area contributed by atoms with E-state index in [2.05, 4.69) is 5.32 Å². The molecule has 0 spiro atoms. The molecule has 0 fully saturated rings. The van der Waals surface area contributed by atoms with Crippen LogP contribution in [0.3, 0.4) is 0 Å². The monoisotopic (exact) mass is 513 g/mol. The SMILES string of the molecule is CNC(=O)C(C)N(Cc1c(Cl)cccc1Cl)C(=O)CN(c1ccc(C(C)C)cc1)S(C)(=O)=O. The molecule has 33 heavy (non-hydrogen) atoms. The van der Waals surface area contributed by atoms with E-state index in [0.29, 0.717) is 21.3 Å². The lowest BCUT2D eigenvalue weighted by Gasteiger charge is -2.31. The maximum Gasteiger partial charge on any atom is 0.244 e. The zero-order chi connectivity index (χ0) is 24.9. The number of nitrogens with zero attached hydrogens (tertiary/aromatic N) is 2. The predicted molar refractivity (Wildman–Crippen MR) is 133 cm³/mol. The lowest BCUT2D eigenvalue weighted by molar-refractivity contribution is -0.139. The molecular weight excluding hydrogens is 485 g/mol. The third-order valence-corrected chi connectivity index (χ3v) is 7.18. The zero-order valence-corrected chi connectivity index (χ0v) is 21.6. The Bertz CT molecular complexity index is 1080. The Hall–Kier alpha value is -2.29. The van der Waals surface area contributed by atoms with Crippen LogP contribution in [-0.2, 0) is 26.2 Å². The standard InChI is InChI=1S/C23H29Cl2N3O4S/c1-15(2)17-9-11-18(12-10-17)28(33(5,31)32)14-22(29)27(16(3)23(30)26-4)13-19-20(24)7-6-8-21(19)25/h6-12,15-16H,13-14H2,1-5H3,(H,26,30). The zero-order valence-electron chi connectivity index (χ0n) is 19.3. The average Bonchev–Trinajstić information content (AvgIpc) is 2.75. The lowest BCUT2D eigenvalue weighted by atomic mass is 10.0. The highest BCUT2D eigenvalue weighted by Gasteiger charge is 2.30. The number of nitrogens with one attached hydrogen (secondary N) is 1. The molecule has 0 saturated carbocycles. The average molecular weight is 514 g/mol. The van der Waals surface area contributed by atoms with E-state index in [1.54, 1.807) is 37.3 Å². The van der Waals surface area contributed by atoms with Crippen molar-refractivity contribution >= 4 is 50.7 Å². The Kier molecular flexibility index (Phi) is 9.17. The van der Waals surface area contributed by atoms with Crippen LogP contribution in [0.1, 0.15) is 37.8 Å². The smallest absolute Gasteiger partial charge is 0.244 e. The summed E-state index contributed by atoms with van der Waals surface area (Å²) in [5, 5.41) is 3.20. The minimum absolute atomic E-state index is 0.0597. The summed E-state index contributed by atoms with van der Waals surface area (Å²) in [5.41, 5.74) is 1.87. The van der Waals surface area contributed by atoms with E-state index in [1.165, 1.54) is 11.9 Å². The van der Waals surface area contributed by atoms with Gasteiger partial charge in [0.05, 0.1) is 11.9 Å². The van der Waals surface area contributed by atoms with Gasteiger partial charge >= 0.3 is 0 Å². The van der Waals surface area contributed by atoms with Gasteiger partial charge in [-0.1, -0.05) is 55.2 Å². The topological polar surface area (TPSA) is 86.8 Å². The van der Waals surface area contributed by atoms with Crippen molar-refractivity contribution in [2.75, 3.05) is 24.2 Å². The van der Waals surface area contributed by atoms with Crippen LogP contribution < -0.4 is 9.62 Å². The molecule has 0 heterocycles. The summed E-state index contributed by atoms with van der Waals surface area (Å²) in [5.74, 6) is -0.698. The molecule has 2 rings (SSSR count). The van der Waals surface area contributed by atoms with Gasteiger partial charge < -0.3 is 10.2 Å². The van der Waals surface area contributed by atoms with E-state index in [9.17, 15) is 18.0 Å². The van der Waals surface area contributed by atoms with E-state index in [4.69, 9.17) is 23.2 Å². The molecule has 0 aliphatic heterocycles. The van der Waals surface area contributed by atoms with Crippen molar-refractivity contribution in [1.82, 2.24) is 10.2 Å². The molecule has 1 N–H and O–H groups in total. The van der Waals surface area contributed by atoms with Gasteiger partial charge in [-0.15, -0.1) is 0 Å². The van der Waals surface area contributed by atoms with Gasteiger partial charge in [-0.05, 0) is 42.7 Å². The fourth-order valence-corrected chi connectivity index (χ4v) is 4.65. The number of amides is 2. The Morgan fingerprint density at radius 3 is 2.00 bits per heavy atom. The Morgan fingerprint density at radius 2 is 1.55 bits per heavy atom. The van der Waals surface area contributed by atoms with E-state index in [-0.39, 0.29) is 12.5 Å². The number of carbonyl (C=O) groups excluding carboxylic acids is 2. The largest absolute Gasteiger partial charge is 0.357 e. The van der Waals surface area contributed by atoms with Crippen LogP contribution in [0.4, 0.5) is 5.69 Å². The van der Waals surface area contributed by atoms with Crippen LogP contribution in [0.25, 0.3) is 0 Å². The van der Waals surface area contributed by atoms with Crippen molar-refractivity contribution in [3.8, 4) is 0 Å². The third kappa shape index (κ3) is 6.85. The van der Waals surface area contributed by atoms with Gasteiger partial charge in [0.25, 0.3) is 0 Å². The number of hydrogen-bond acceptors (Lipinski definition) is 4. The minimum Gasteiger partial charge on any atom is -0.357 e. The summed E-state index contributed by atoms with van der Waals surface area (Å²) in [4.78, 5) is 27.0. The van der Waals surface area contributed by atoms with E-state index >= 15 is 0 Å². The van der Waals surface area contributed by atoms with Gasteiger partial charge in [0.15, 0.2) is 0 Å². The number of sulfonamides is 1. The highest BCUT2D eigenvalue weighted by molar-refractivity contribution is 7.92. The first-order chi connectivity index (χ1) is 15.4. The Morgan fingerprint density at radius 1 is 1.00 bits per heavy atom. The van der Waals surface area contributed by atoms with Crippen LogP contribution in [0.15, 0.2) is 42.5 Å². The van der Waals surface area contributed by atoms with Crippen molar-refractivity contribution < 1.29 is 18.0 Å². The molecular formula is C23H29Cl2N3O4S. The van der Waals surface area contributed by atoms with Crippen LogP contribution in [0, 0.1) is 0 Å². The second-order valence-corrected chi connectivity index (χ2v) is 10.7. The molecule has 0 saturated heterocycles. The molecule has 2 amide bonds. The summed E-state index contributed by atoms with van der Waals surface area (Å²) >= 11 is 12.6. The van der Waals surface area contributed by atoms with Crippen LogP contribution in [-0.4, -0.2) is 51.0 Å². The number of rotatable bonds is 9. The van der Waals surface area contributed by atoms with Gasteiger partial charge in [-0.3, -0.25) is 13.9 Å². The maximum atomic E-state index is 13.4. The Labute approximate surface area is 205 Å². The van der Waals surface area contributed by atoms with Crippen molar-refractivity contribution in [1.29, 1.82) is 0 Å². The van der Waals surface area contributed by atoms with Gasteiger partial charge in [0, 0.05) is 29.2 Å². The van der Waals surface area contributed by atoms with Gasteiger partial charge in [0.1, 0.15) is 12.6 Å². The van der Waals surface area contributed by atoms with Crippen LogP contribution in [0.2, 0.25) is 10.0 Å². The number of anilines is 1. The van der Waals surface area contributed by atoms with Crippen molar-refractivity contribution in [3.05, 3.63) is 63.6 Å². The quantitative estimate of drug-likeness (QED) is 0.547. The molecule has 0 aliphatic carbocycles. The fourth-order valence-electron chi connectivity index (χ4n) is 3.28. The second kappa shape index (κ2) is 11.2. The van der Waals surface area contributed by atoms with Crippen molar-refractivity contribution in [2.45, 2.75) is 39.3 Å². The first-order valence-corrected chi connectivity index (χ1v) is 13.0. The molecule has 0 aromatic heterocycles. The number of likely N-dealkylation sites (N-methyl/N-ethyl adjacent to an activating group) is 1. The van der Waals surface area contributed by atoms with E-state index in [0.717, 1.165) is 16.1 Å². The normalized spacial score (nSPS) is 12.4. The first kappa shape index (κ1) is 27.0. The molecule has 0 radical (unpaired) electrons. The molecule has 1 unspecified atom stereocenters. The number of halogens is 2. The molecule has 180 valence electrons. The fraction of sp³-hybridized carbons (Fsp3) is 0.391. The van der Waals surface area contributed by atoms with Gasteiger partial charge in [0.2, 0.25) is 21.8 Å². The van der Waals surface area contributed by atoms with E-state index in [1.807, 2.05) is 26.0 Å². The molecule has 10 heteroatoms. The van der Waals surface area contributed by atoms with E-state index < -0.39 is 34.4 Å². The number of benzene rings is 2. The minimum atomic E-state index is -3.79.